The van der Waals surface area contributed by atoms with Crippen LogP contribution < -0.4 is 22.3 Å². The lowest BCUT2D eigenvalue weighted by molar-refractivity contribution is 0.886. The van der Waals surface area contributed by atoms with E-state index in [4.69, 9.17) is 34.8 Å². The van der Waals surface area contributed by atoms with Crippen molar-refractivity contribution in [2.75, 3.05) is 17.8 Å². The third kappa shape index (κ3) is 2.78. The lowest BCUT2D eigenvalue weighted by atomic mass is 10.2. The van der Waals surface area contributed by atoms with Gasteiger partial charge in [-0.25, -0.2) is 10.6 Å². The Bertz CT molecular complexity index is 684. The molecule has 0 aliphatic rings. The monoisotopic (exact) mass is 300 g/mol. The van der Waals surface area contributed by atoms with E-state index in [9.17, 15) is 4.79 Å². The van der Waals surface area contributed by atoms with Gasteiger partial charge in [-0.1, -0.05) is 23.2 Å². The van der Waals surface area contributed by atoms with Gasteiger partial charge in [-0.3, -0.25) is 9.99 Å². The average Bonchev–Trinajstić information content (AvgIpc) is 2.33. The summed E-state index contributed by atoms with van der Waals surface area (Å²) in [6.45, 7) is 0. The number of nitrogen functional groups attached to an aromatic ring is 1. The Labute approximate surface area is 118 Å². The van der Waals surface area contributed by atoms with Gasteiger partial charge in [0.25, 0.3) is 0 Å². The van der Waals surface area contributed by atoms with E-state index in [1.165, 1.54) is 19.2 Å². The van der Waals surface area contributed by atoms with Crippen LogP contribution in [-0.4, -0.2) is 22.0 Å². The highest BCUT2D eigenvalue weighted by atomic mass is 35.5. The highest BCUT2D eigenvalue weighted by Gasteiger charge is 2.12. The first-order valence-corrected chi connectivity index (χ1v) is 5.85. The molecule has 2 aromatic rings. The fourth-order valence-electron chi connectivity index (χ4n) is 1.40. The van der Waals surface area contributed by atoms with Gasteiger partial charge in [0, 0.05) is 12.6 Å². The summed E-state index contributed by atoms with van der Waals surface area (Å²) in [6.07, 6.45) is 0. The van der Waals surface area contributed by atoms with Crippen LogP contribution in [0.2, 0.25) is 10.0 Å². The molecule has 5 N–H and O–H groups in total. The number of anilines is 2. The number of aromatic nitrogens is 3. The number of benzene rings is 1. The van der Waals surface area contributed by atoms with Crippen molar-refractivity contribution in [3.63, 3.8) is 0 Å². The van der Waals surface area contributed by atoms with Crippen LogP contribution in [-0.2, 0) is 0 Å². The van der Waals surface area contributed by atoms with Crippen molar-refractivity contribution in [1.29, 1.82) is 0 Å². The van der Waals surface area contributed by atoms with Gasteiger partial charge in [-0.15, -0.1) is 0 Å². The number of hydrogen-bond donors (Lipinski definition) is 3. The van der Waals surface area contributed by atoms with Crippen molar-refractivity contribution in [1.82, 2.24) is 15.0 Å². The zero-order valence-corrected chi connectivity index (χ0v) is 11.3. The van der Waals surface area contributed by atoms with Crippen LogP contribution in [0.25, 0.3) is 11.4 Å². The molecule has 19 heavy (non-hydrogen) atoms. The molecule has 0 saturated heterocycles. The maximum atomic E-state index is 11.5. The van der Waals surface area contributed by atoms with Crippen molar-refractivity contribution >= 4 is 34.8 Å². The van der Waals surface area contributed by atoms with Crippen LogP contribution >= 0.6 is 23.2 Å². The number of nitrogens with zero attached hydrogens (tertiary/aromatic N) is 3. The Kier molecular flexibility index (Phi) is 3.61. The number of hydrazine groups is 1. The Hall–Kier alpha value is -1.83. The molecule has 9 heteroatoms. The smallest absolute Gasteiger partial charge is 0.349 e. The number of rotatable bonds is 2. The molecule has 0 radical (unpaired) electrons. The summed E-state index contributed by atoms with van der Waals surface area (Å²) in [6, 6.07) is 2.99. The molecule has 2 rings (SSSR count). The quantitative estimate of drug-likeness (QED) is 0.433. The van der Waals surface area contributed by atoms with Crippen molar-refractivity contribution in [3.8, 4) is 11.4 Å². The molecule has 100 valence electrons. The van der Waals surface area contributed by atoms with Crippen molar-refractivity contribution in [3.05, 3.63) is 32.7 Å². The molecule has 0 bridgehead atoms. The van der Waals surface area contributed by atoms with E-state index >= 15 is 0 Å². The summed E-state index contributed by atoms with van der Waals surface area (Å²) in [4.78, 5) is 21.6. The number of aromatic amines is 1. The predicted molar refractivity (Wildman–Crippen MR) is 75.1 cm³/mol. The number of halogens is 2. The van der Waals surface area contributed by atoms with E-state index in [-0.39, 0.29) is 11.8 Å². The summed E-state index contributed by atoms with van der Waals surface area (Å²) in [5.74, 6) is 5.76. The lowest BCUT2D eigenvalue weighted by Gasteiger charge is -2.11. The highest BCUT2D eigenvalue weighted by molar-refractivity contribution is 6.37. The maximum absolute atomic E-state index is 11.5. The van der Waals surface area contributed by atoms with Gasteiger partial charge in [-0.2, -0.15) is 9.97 Å². The zero-order valence-electron chi connectivity index (χ0n) is 9.82. The normalized spacial score (nSPS) is 10.5. The van der Waals surface area contributed by atoms with Gasteiger partial charge in [-0.05, 0) is 12.1 Å². The minimum Gasteiger partial charge on any atom is -0.397 e. The Morgan fingerprint density at radius 1 is 1.26 bits per heavy atom. The molecule has 1 heterocycles. The summed E-state index contributed by atoms with van der Waals surface area (Å²) < 4.78 is 0. The SMILES string of the molecule is CN(N)c1nc(-c2cc(Cl)c(N)cc2Cl)[nH]c(=O)n1. The van der Waals surface area contributed by atoms with Gasteiger partial charge in [0.15, 0.2) is 0 Å². The van der Waals surface area contributed by atoms with Crippen LogP contribution in [0.15, 0.2) is 16.9 Å². The van der Waals surface area contributed by atoms with Crippen LogP contribution in [0, 0.1) is 0 Å². The van der Waals surface area contributed by atoms with E-state index in [0.717, 1.165) is 5.01 Å². The first-order valence-electron chi connectivity index (χ1n) is 5.10. The number of nitrogens with one attached hydrogen (secondary N) is 1. The lowest BCUT2D eigenvalue weighted by Crippen LogP contribution is -2.30. The Morgan fingerprint density at radius 3 is 2.58 bits per heavy atom. The molecule has 0 unspecified atom stereocenters. The maximum Gasteiger partial charge on any atom is 0.349 e. The second kappa shape index (κ2) is 5.04. The number of H-pyrrole nitrogens is 1. The van der Waals surface area contributed by atoms with E-state index in [0.29, 0.717) is 21.3 Å². The first-order chi connectivity index (χ1) is 8.88. The van der Waals surface area contributed by atoms with Crippen LogP contribution in [0.5, 0.6) is 0 Å². The van der Waals surface area contributed by atoms with E-state index in [1.54, 1.807) is 0 Å². The standard InChI is InChI=1S/C10H10Cl2N6O/c1-18(14)9-15-8(16-10(19)17-9)4-2-6(12)7(13)3-5(4)11/h2-3H,13-14H2,1H3,(H,15,16,17,19). The average molecular weight is 301 g/mol. The second-order valence-corrected chi connectivity index (χ2v) is 4.58. The number of nitrogens with two attached hydrogens (primary N) is 2. The van der Waals surface area contributed by atoms with Crippen molar-refractivity contribution < 1.29 is 0 Å². The highest BCUT2D eigenvalue weighted by Crippen LogP contribution is 2.32. The summed E-state index contributed by atoms with van der Waals surface area (Å²) in [5.41, 5.74) is 5.80. The third-order valence-corrected chi connectivity index (χ3v) is 2.94. The van der Waals surface area contributed by atoms with E-state index < -0.39 is 5.69 Å². The molecule has 1 aromatic heterocycles. The molecule has 0 saturated carbocycles. The van der Waals surface area contributed by atoms with Crippen LogP contribution in [0.1, 0.15) is 0 Å². The zero-order chi connectivity index (χ0) is 14.2. The molecule has 0 atom stereocenters. The molecule has 0 spiro atoms. The fraction of sp³-hybridized carbons (Fsp3) is 0.100. The molecule has 0 fully saturated rings. The summed E-state index contributed by atoms with van der Waals surface area (Å²) in [5, 5.41) is 1.73. The summed E-state index contributed by atoms with van der Waals surface area (Å²) in [7, 11) is 1.51. The van der Waals surface area contributed by atoms with Gasteiger partial charge in [0.1, 0.15) is 5.82 Å². The Balaban J connectivity index is 2.65. The van der Waals surface area contributed by atoms with Crippen LogP contribution in [0.4, 0.5) is 11.6 Å². The van der Waals surface area contributed by atoms with Gasteiger partial charge in [0.2, 0.25) is 5.95 Å². The van der Waals surface area contributed by atoms with Gasteiger partial charge >= 0.3 is 5.69 Å². The molecule has 0 aliphatic carbocycles. The minimum absolute atomic E-state index is 0.0581. The van der Waals surface area contributed by atoms with Crippen molar-refractivity contribution in [2.45, 2.75) is 0 Å². The topological polar surface area (TPSA) is 114 Å². The first kappa shape index (κ1) is 13.6. The van der Waals surface area contributed by atoms with Gasteiger partial charge < -0.3 is 5.73 Å². The van der Waals surface area contributed by atoms with Crippen molar-refractivity contribution in [2.24, 2.45) is 5.84 Å². The predicted octanol–water partition coefficient (Wildman–Crippen LogP) is 1.03. The third-order valence-electron chi connectivity index (χ3n) is 2.30. The second-order valence-electron chi connectivity index (χ2n) is 3.77. The van der Waals surface area contributed by atoms with E-state index in [1.807, 2.05) is 0 Å². The molecular weight excluding hydrogens is 291 g/mol. The molecular formula is C10H10Cl2N6O. The molecule has 0 aliphatic heterocycles. The summed E-state index contributed by atoms with van der Waals surface area (Å²) >= 11 is 12.0. The molecule has 7 nitrogen and oxygen atoms in total. The van der Waals surface area contributed by atoms with Gasteiger partial charge in [0.05, 0.1) is 15.7 Å². The largest absolute Gasteiger partial charge is 0.397 e. The van der Waals surface area contributed by atoms with Crippen LogP contribution in [0.3, 0.4) is 0 Å². The molecule has 0 amide bonds. The molecule has 1 aromatic carbocycles. The minimum atomic E-state index is -0.596. The Morgan fingerprint density at radius 2 is 1.95 bits per heavy atom. The fourth-order valence-corrected chi connectivity index (χ4v) is 1.83. The van der Waals surface area contributed by atoms with E-state index in [2.05, 4.69) is 15.0 Å². The number of hydrogen-bond acceptors (Lipinski definition) is 6.